The van der Waals surface area contributed by atoms with Crippen LogP contribution in [0.2, 0.25) is 0 Å². The molecule has 4 heteroatoms. The molecule has 2 aromatic rings. The molecule has 23 heavy (non-hydrogen) atoms. The molecule has 1 fully saturated rings. The van der Waals surface area contributed by atoms with Crippen LogP contribution in [0.25, 0.3) is 11.0 Å². The summed E-state index contributed by atoms with van der Waals surface area (Å²) in [6, 6.07) is 8.82. The third kappa shape index (κ3) is 3.58. The molecule has 1 saturated heterocycles. The van der Waals surface area contributed by atoms with Crippen LogP contribution in [0.3, 0.4) is 0 Å². The number of carbonyl (C=O) groups is 1. The molecule has 0 unspecified atom stereocenters. The maximum Gasteiger partial charge on any atom is 0.222 e. The number of amides is 1. The Hall–Kier alpha value is -1.81. The molecule has 1 aliphatic rings. The molecular formula is C19H26N2O2. The smallest absolute Gasteiger partial charge is 0.222 e. The zero-order valence-electron chi connectivity index (χ0n) is 14.3. The quantitative estimate of drug-likeness (QED) is 0.940. The van der Waals surface area contributed by atoms with Crippen LogP contribution >= 0.6 is 0 Å². The first kappa shape index (κ1) is 16.1. The molecule has 2 atom stereocenters. The molecule has 0 spiro atoms. The summed E-state index contributed by atoms with van der Waals surface area (Å²) in [5.41, 5.74) is 2.20. The van der Waals surface area contributed by atoms with Gasteiger partial charge in [0.2, 0.25) is 5.91 Å². The van der Waals surface area contributed by atoms with E-state index in [4.69, 9.17) is 4.42 Å². The summed E-state index contributed by atoms with van der Waals surface area (Å²) < 4.78 is 5.90. The van der Waals surface area contributed by atoms with E-state index in [-0.39, 0.29) is 5.91 Å². The highest BCUT2D eigenvalue weighted by molar-refractivity contribution is 5.78. The Morgan fingerprint density at radius 1 is 1.39 bits per heavy atom. The van der Waals surface area contributed by atoms with E-state index in [2.05, 4.69) is 37.4 Å². The van der Waals surface area contributed by atoms with Crippen molar-refractivity contribution < 1.29 is 9.21 Å². The highest BCUT2D eigenvalue weighted by atomic mass is 16.3. The lowest BCUT2D eigenvalue weighted by Gasteiger charge is -2.37. The number of aryl methyl sites for hydroxylation is 1. The van der Waals surface area contributed by atoms with Crippen molar-refractivity contribution in [1.82, 2.24) is 10.2 Å². The molecule has 0 saturated carbocycles. The van der Waals surface area contributed by atoms with Gasteiger partial charge in [-0.3, -0.25) is 4.79 Å². The number of carbonyl (C=O) groups excluding carboxylic acids is 1. The number of fused-ring (bicyclic) bond motifs is 1. The van der Waals surface area contributed by atoms with Crippen molar-refractivity contribution in [3.63, 3.8) is 0 Å². The third-order valence-electron chi connectivity index (χ3n) is 4.82. The fourth-order valence-electron chi connectivity index (χ4n) is 3.44. The van der Waals surface area contributed by atoms with Gasteiger partial charge in [0, 0.05) is 30.9 Å². The topological polar surface area (TPSA) is 45.5 Å². The normalized spacial score (nSPS) is 21.8. The summed E-state index contributed by atoms with van der Waals surface area (Å²) in [7, 11) is 0. The Kier molecular flexibility index (Phi) is 4.71. The van der Waals surface area contributed by atoms with Gasteiger partial charge in [0.1, 0.15) is 11.3 Å². The van der Waals surface area contributed by atoms with Gasteiger partial charge in [-0.15, -0.1) is 0 Å². The number of benzene rings is 1. The molecule has 2 heterocycles. The summed E-state index contributed by atoms with van der Waals surface area (Å²) in [6.45, 7) is 8.69. The number of furan rings is 1. The van der Waals surface area contributed by atoms with Crippen LogP contribution in [-0.2, 0) is 11.3 Å². The number of rotatable bonds is 4. The molecule has 0 aliphatic carbocycles. The SMILES string of the molecule is CCC(=O)N1CC[C@H](NCc2cc3cc(C)ccc3o2)[C@@H](C)C1. The second-order valence-electron chi connectivity index (χ2n) is 6.70. The summed E-state index contributed by atoms with van der Waals surface area (Å²) in [5, 5.41) is 4.77. The van der Waals surface area contributed by atoms with Crippen LogP contribution in [0.1, 0.15) is 38.0 Å². The van der Waals surface area contributed by atoms with E-state index >= 15 is 0 Å². The Labute approximate surface area is 137 Å². The molecule has 4 nitrogen and oxygen atoms in total. The van der Waals surface area contributed by atoms with Gasteiger partial charge in [0.05, 0.1) is 6.54 Å². The van der Waals surface area contributed by atoms with Gasteiger partial charge in [-0.05, 0) is 37.5 Å². The minimum absolute atomic E-state index is 0.267. The van der Waals surface area contributed by atoms with Crippen molar-refractivity contribution in [2.45, 2.75) is 46.2 Å². The Morgan fingerprint density at radius 2 is 2.22 bits per heavy atom. The van der Waals surface area contributed by atoms with E-state index < -0.39 is 0 Å². The van der Waals surface area contributed by atoms with Crippen molar-refractivity contribution in [3.8, 4) is 0 Å². The van der Waals surface area contributed by atoms with Crippen LogP contribution < -0.4 is 5.32 Å². The van der Waals surface area contributed by atoms with Crippen molar-refractivity contribution in [3.05, 3.63) is 35.6 Å². The maximum atomic E-state index is 11.8. The lowest BCUT2D eigenvalue weighted by Crippen LogP contribution is -2.49. The van der Waals surface area contributed by atoms with Crippen molar-refractivity contribution in [1.29, 1.82) is 0 Å². The lowest BCUT2D eigenvalue weighted by atomic mass is 9.93. The first-order valence-electron chi connectivity index (χ1n) is 8.57. The monoisotopic (exact) mass is 314 g/mol. The molecule has 0 bridgehead atoms. The van der Waals surface area contributed by atoms with Gasteiger partial charge in [0.25, 0.3) is 0 Å². The molecule has 1 N–H and O–H groups in total. The fourth-order valence-corrected chi connectivity index (χ4v) is 3.44. The van der Waals surface area contributed by atoms with E-state index in [0.29, 0.717) is 18.4 Å². The van der Waals surface area contributed by atoms with Crippen molar-refractivity contribution >= 4 is 16.9 Å². The number of nitrogens with one attached hydrogen (secondary N) is 1. The summed E-state index contributed by atoms with van der Waals surface area (Å²) in [5.74, 6) is 1.71. The van der Waals surface area contributed by atoms with E-state index in [1.807, 2.05) is 17.9 Å². The maximum absolute atomic E-state index is 11.8. The van der Waals surface area contributed by atoms with Gasteiger partial charge >= 0.3 is 0 Å². The molecule has 1 aromatic heterocycles. The van der Waals surface area contributed by atoms with Crippen LogP contribution in [0.15, 0.2) is 28.7 Å². The average Bonchev–Trinajstić information content (AvgIpc) is 2.94. The van der Waals surface area contributed by atoms with E-state index in [1.165, 1.54) is 10.9 Å². The number of hydrogen-bond acceptors (Lipinski definition) is 3. The Morgan fingerprint density at radius 3 is 2.96 bits per heavy atom. The van der Waals surface area contributed by atoms with Crippen molar-refractivity contribution in [2.24, 2.45) is 5.92 Å². The number of hydrogen-bond donors (Lipinski definition) is 1. The first-order valence-corrected chi connectivity index (χ1v) is 8.57. The average molecular weight is 314 g/mol. The van der Waals surface area contributed by atoms with Gasteiger partial charge in [-0.25, -0.2) is 0 Å². The third-order valence-corrected chi connectivity index (χ3v) is 4.82. The summed E-state index contributed by atoms with van der Waals surface area (Å²) in [4.78, 5) is 13.8. The standard InChI is InChI=1S/C19H26N2O2/c1-4-19(22)21-8-7-17(14(3)12-21)20-11-16-10-15-9-13(2)5-6-18(15)23-16/h5-6,9-10,14,17,20H,4,7-8,11-12H2,1-3H3/t14-,17-/m0/s1. The minimum Gasteiger partial charge on any atom is -0.460 e. The van der Waals surface area contributed by atoms with Crippen molar-refractivity contribution in [2.75, 3.05) is 13.1 Å². The summed E-state index contributed by atoms with van der Waals surface area (Å²) in [6.07, 6.45) is 1.61. The van der Waals surface area contributed by atoms with Crippen LogP contribution in [0, 0.1) is 12.8 Å². The molecule has 3 rings (SSSR count). The lowest BCUT2D eigenvalue weighted by molar-refractivity contribution is -0.132. The Bertz CT molecular complexity index is 692. The van der Waals surface area contributed by atoms with Crippen LogP contribution in [0.4, 0.5) is 0 Å². The molecule has 1 aromatic carbocycles. The second kappa shape index (κ2) is 6.75. The second-order valence-corrected chi connectivity index (χ2v) is 6.70. The van der Waals surface area contributed by atoms with Gasteiger partial charge in [-0.2, -0.15) is 0 Å². The molecule has 1 amide bonds. The number of nitrogens with zero attached hydrogens (tertiary/aromatic N) is 1. The van der Waals surface area contributed by atoms with Gasteiger partial charge in [0.15, 0.2) is 0 Å². The number of likely N-dealkylation sites (tertiary alicyclic amines) is 1. The highest BCUT2D eigenvalue weighted by Crippen LogP contribution is 2.22. The number of piperidine rings is 1. The van der Waals surface area contributed by atoms with E-state index in [1.54, 1.807) is 0 Å². The largest absolute Gasteiger partial charge is 0.460 e. The van der Waals surface area contributed by atoms with Gasteiger partial charge in [-0.1, -0.05) is 25.5 Å². The fraction of sp³-hybridized carbons (Fsp3) is 0.526. The van der Waals surface area contributed by atoms with E-state index in [9.17, 15) is 4.79 Å². The zero-order chi connectivity index (χ0) is 16.4. The predicted molar refractivity (Wildman–Crippen MR) is 92.2 cm³/mol. The highest BCUT2D eigenvalue weighted by Gasteiger charge is 2.27. The van der Waals surface area contributed by atoms with Crippen LogP contribution in [0.5, 0.6) is 0 Å². The molecule has 1 aliphatic heterocycles. The van der Waals surface area contributed by atoms with Crippen LogP contribution in [-0.4, -0.2) is 29.9 Å². The summed E-state index contributed by atoms with van der Waals surface area (Å²) >= 11 is 0. The Balaban J connectivity index is 1.58. The first-order chi connectivity index (χ1) is 11.1. The van der Waals surface area contributed by atoms with Gasteiger partial charge < -0.3 is 14.6 Å². The minimum atomic E-state index is 0.267. The zero-order valence-corrected chi connectivity index (χ0v) is 14.3. The van der Waals surface area contributed by atoms with E-state index in [0.717, 1.165) is 37.4 Å². The molecule has 124 valence electrons. The molecular weight excluding hydrogens is 288 g/mol. The molecule has 0 radical (unpaired) electrons. The predicted octanol–water partition coefficient (Wildman–Crippen LogP) is 3.48.